The Labute approximate surface area is 151 Å². The maximum atomic E-state index is 4.09. The lowest BCUT2D eigenvalue weighted by Crippen LogP contribution is -1.93. The number of nitrogens with zero attached hydrogens (tertiary/aromatic N) is 1. The van der Waals surface area contributed by atoms with E-state index in [1.165, 1.54) is 89.0 Å². The van der Waals surface area contributed by atoms with Crippen LogP contribution in [0.5, 0.6) is 0 Å². The maximum absolute atomic E-state index is 4.09. The van der Waals surface area contributed by atoms with Crippen molar-refractivity contribution in [1.82, 2.24) is 4.98 Å². The first kappa shape index (κ1) is 22.4. The summed E-state index contributed by atoms with van der Waals surface area (Å²) in [6, 6.07) is 4.32. The predicted octanol–water partition coefficient (Wildman–Crippen LogP) is 7.70. The van der Waals surface area contributed by atoms with Crippen molar-refractivity contribution in [2.24, 2.45) is 0 Å². The molecule has 1 unspecified atom stereocenters. The molecule has 1 aromatic heterocycles. The molecular weight excluding hydrogens is 302 g/mol. The number of rotatable bonds is 14. The van der Waals surface area contributed by atoms with E-state index in [1.807, 2.05) is 12.4 Å². The van der Waals surface area contributed by atoms with Gasteiger partial charge in [0.05, 0.1) is 0 Å². The van der Waals surface area contributed by atoms with Gasteiger partial charge in [-0.1, -0.05) is 90.9 Å². The van der Waals surface area contributed by atoms with E-state index in [2.05, 4.69) is 31.0 Å². The summed E-state index contributed by atoms with van der Waals surface area (Å²) in [7, 11) is 0. The highest BCUT2D eigenvalue weighted by Crippen LogP contribution is 2.21. The Morgan fingerprint density at radius 3 is 1.65 bits per heavy atom. The quantitative estimate of drug-likeness (QED) is 0.316. The Hall–Kier alpha value is -0.560. The summed E-state index contributed by atoms with van der Waals surface area (Å²) < 4.78 is 0. The fourth-order valence-electron chi connectivity index (χ4n) is 3.15. The van der Waals surface area contributed by atoms with E-state index < -0.39 is 0 Å². The molecule has 0 aliphatic rings. The lowest BCUT2D eigenvalue weighted by atomic mass is 9.95. The number of unbranched alkanes of at least 4 members (excludes halogenated alkanes) is 11. The summed E-state index contributed by atoms with van der Waals surface area (Å²) in [6.07, 6.45) is 22.3. The number of hydrogen-bond donors (Lipinski definition) is 0. The van der Waals surface area contributed by atoms with Gasteiger partial charge in [-0.2, -0.15) is 0 Å². The Bertz CT molecular complexity index is 339. The zero-order valence-electron chi connectivity index (χ0n) is 15.4. The third-order valence-electron chi connectivity index (χ3n) is 4.77. The third-order valence-corrected chi connectivity index (χ3v) is 4.77. The zero-order chi connectivity index (χ0) is 15.9. The first-order valence-corrected chi connectivity index (χ1v) is 9.74. The van der Waals surface area contributed by atoms with Crippen molar-refractivity contribution in [1.29, 1.82) is 0 Å². The standard InChI is InChI=1S/C21H37N.ClH/c1-3-4-5-6-7-8-9-10-11-12-13-14-15-20(2)21-16-18-22-19-17-21;/h16-20H,3-15H2,1-2H3;1H. The number of halogens is 1. The van der Waals surface area contributed by atoms with Crippen LogP contribution in [-0.2, 0) is 0 Å². The molecule has 0 radical (unpaired) electrons. The fraction of sp³-hybridized carbons (Fsp3) is 0.762. The van der Waals surface area contributed by atoms with Crippen LogP contribution in [0.2, 0.25) is 0 Å². The fourth-order valence-corrected chi connectivity index (χ4v) is 3.15. The molecule has 1 nitrogen and oxygen atoms in total. The first-order valence-electron chi connectivity index (χ1n) is 9.74. The summed E-state index contributed by atoms with van der Waals surface area (Å²) in [6.45, 7) is 4.63. The highest BCUT2D eigenvalue weighted by atomic mass is 35.5. The molecule has 0 aliphatic carbocycles. The monoisotopic (exact) mass is 339 g/mol. The molecule has 1 heterocycles. The van der Waals surface area contributed by atoms with E-state index in [-0.39, 0.29) is 12.4 Å². The molecule has 0 N–H and O–H groups in total. The van der Waals surface area contributed by atoms with Gasteiger partial charge in [0, 0.05) is 12.4 Å². The molecule has 0 saturated heterocycles. The molecular formula is C21H38ClN. The number of aromatic nitrogens is 1. The van der Waals surface area contributed by atoms with E-state index in [9.17, 15) is 0 Å². The van der Waals surface area contributed by atoms with Gasteiger partial charge in [-0.05, 0) is 30.0 Å². The first-order chi connectivity index (χ1) is 10.8. The summed E-state index contributed by atoms with van der Waals surface area (Å²) in [4.78, 5) is 4.09. The Morgan fingerprint density at radius 1 is 0.739 bits per heavy atom. The van der Waals surface area contributed by atoms with Gasteiger partial charge in [0.1, 0.15) is 0 Å². The second-order valence-corrected chi connectivity index (χ2v) is 6.86. The maximum Gasteiger partial charge on any atom is 0.0270 e. The van der Waals surface area contributed by atoms with E-state index in [4.69, 9.17) is 0 Å². The topological polar surface area (TPSA) is 12.9 Å². The van der Waals surface area contributed by atoms with Gasteiger partial charge in [0.15, 0.2) is 0 Å². The highest BCUT2D eigenvalue weighted by Gasteiger charge is 2.04. The molecule has 1 atom stereocenters. The van der Waals surface area contributed by atoms with Crippen molar-refractivity contribution in [3.8, 4) is 0 Å². The van der Waals surface area contributed by atoms with Crippen LogP contribution in [0, 0.1) is 0 Å². The summed E-state index contributed by atoms with van der Waals surface area (Å²) in [5.74, 6) is 0.686. The minimum absolute atomic E-state index is 0. The Morgan fingerprint density at radius 2 is 1.17 bits per heavy atom. The second-order valence-electron chi connectivity index (χ2n) is 6.86. The van der Waals surface area contributed by atoms with Gasteiger partial charge in [0.25, 0.3) is 0 Å². The van der Waals surface area contributed by atoms with Crippen molar-refractivity contribution >= 4 is 12.4 Å². The van der Waals surface area contributed by atoms with Crippen molar-refractivity contribution in [3.05, 3.63) is 30.1 Å². The van der Waals surface area contributed by atoms with E-state index in [0.29, 0.717) is 5.92 Å². The zero-order valence-corrected chi connectivity index (χ0v) is 16.3. The summed E-state index contributed by atoms with van der Waals surface area (Å²) in [5.41, 5.74) is 1.44. The van der Waals surface area contributed by atoms with Crippen LogP contribution < -0.4 is 0 Å². The summed E-state index contributed by atoms with van der Waals surface area (Å²) in [5, 5.41) is 0. The van der Waals surface area contributed by atoms with Crippen molar-refractivity contribution in [3.63, 3.8) is 0 Å². The van der Waals surface area contributed by atoms with E-state index >= 15 is 0 Å². The number of pyridine rings is 1. The van der Waals surface area contributed by atoms with E-state index in [0.717, 1.165) is 0 Å². The molecule has 0 saturated carbocycles. The van der Waals surface area contributed by atoms with Crippen LogP contribution in [0.4, 0.5) is 0 Å². The van der Waals surface area contributed by atoms with Crippen LogP contribution in [0.25, 0.3) is 0 Å². The molecule has 0 aromatic carbocycles. The average molecular weight is 340 g/mol. The minimum atomic E-state index is 0. The molecule has 23 heavy (non-hydrogen) atoms. The van der Waals surface area contributed by atoms with Gasteiger partial charge >= 0.3 is 0 Å². The lowest BCUT2D eigenvalue weighted by molar-refractivity contribution is 0.528. The van der Waals surface area contributed by atoms with Crippen LogP contribution in [0.15, 0.2) is 24.5 Å². The Kier molecular flexibility index (Phi) is 15.9. The molecule has 1 aromatic rings. The van der Waals surface area contributed by atoms with Crippen molar-refractivity contribution < 1.29 is 0 Å². The van der Waals surface area contributed by atoms with Crippen LogP contribution in [0.1, 0.15) is 109 Å². The molecule has 1 rings (SSSR count). The van der Waals surface area contributed by atoms with Crippen molar-refractivity contribution in [2.75, 3.05) is 0 Å². The van der Waals surface area contributed by atoms with Crippen LogP contribution >= 0.6 is 12.4 Å². The van der Waals surface area contributed by atoms with Gasteiger partial charge in [0.2, 0.25) is 0 Å². The van der Waals surface area contributed by atoms with Crippen LogP contribution in [-0.4, -0.2) is 4.98 Å². The molecule has 0 bridgehead atoms. The smallest absolute Gasteiger partial charge is 0.0270 e. The molecule has 2 heteroatoms. The van der Waals surface area contributed by atoms with Gasteiger partial charge < -0.3 is 0 Å². The molecule has 0 spiro atoms. The average Bonchev–Trinajstić information content (AvgIpc) is 2.56. The summed E-state index contributed by atoms with van der Waals surface area (Å²) >= 11 is 0. The SMILES string of the molecule is CCCCCCCCCCCCCCC(C)c1ccncc1.Cl. The molecule has 0 fully saturated rings. The number of hydrogen-bond acceptors (Lipinski definition) is 1. The van der Waals surface area contributed by atoms with Crippen LogP contribution in [0.3, 0.4) is 0 Å². The van der Waals surface area contributed by atoms with Gasteiger partial charge in [-0.3, -0.25) is 4.98 Å². The van der Waals surface area contributed by atoms with Gasteiger partial charge in [-0.15, -0.1) is 12.4 Å². The molecule has 0 aliphatic heterocycles. The Balaban J connectivity index is 0.00000484. The normalized spacial score (nSPS) is 11.9. The highest BCUT2D eigenvalue weighted by molar-refractivity contribution is 5.85. The largest absolute Gasteiger partial charge is 0.265 e. The van der Waals surface area contributed by atoms with E-state index in [1.54, 1.807) is 0 Å². The lowest BCUT2D eigenvalue weighted by Gasteiger charge is -2.11. The second kappa shape index (κ2) is 16.3. The minimum Gasteiger partial charge on any atom is -0.265 e. The van der Waals surface area contributed by atoms with Gasteiger partial charge in [-0.25, -0.2) is 0 Å². The molecule has 134 valence electrons. The van der Waals surface area contributed by atoms with Crippen molar-refractivity contribution in [2.45, 2.75) is 103 Å². The molecule has 0 amide bonds. The third kappa shape index (κ3) is 12.5. The predicted molar refractivity (Wildman–Crippen MR) is 106 cm³/mol.